The summed E-state index contributed by atoms with van der Waals surface area (Å²) < 4.78 is 10.1. The summed E-state index contributed by atoms with van der Waals surface area (Å²) in [4.78, 5) is 23.0. The van der Waals surface area contributed by atoms with E-state index in [2.05, 4.69) is 0 Å². The minimum atomic E-state index is -0.688. The summed E-state index contributed by atoms with van der Waals surface area (Å²) in [6.45, 7) is 5.67. The van der Waals surface area contributed by atoms with Crippen molar-refractivity contribution in [2.24, 2.45) is 5.92 Å². The Hall–Kier alpha value is -1.81. The molecule has 0 aliphatic carbocycles. The van der Waals surface area contributed by atoms with Crippen LogP contribution >= 0.6 is 11.6 Å². The van der Waals surface area contributed by atoms with Crippen LogP contribution in [0.2, 0.25) is 5.02 Å². The molecule has 0 fully saturated rings. The van der Waals surface area contributed by atoms with Crippen LogP contribution in [0.3, 0.4) is 0 Å². The fourth-order valence-corrected chi connectivity index (χ4v) is 1.34. The van der Waals surface area contributed by atoms with Gasteiger partial charge in [-0.3, -0.25) is 0 Å². The highest BCUT2D eigenvalue weighted by Crippen LogP contribution is 2.23. The Morgan fingerprint density at radius 3 is 2.30 bits per heavy atom. The lowest BCUT2D eigenvalue weighted by atomic mass is 10.1. The zero-order valence-corrected chi connectivity index (χ0v) is 12.4. The van der Waals surface area contributed by atoms with Crippen molar-refractivity contribution in [1.29, 1.82) is 0 Å². The van der Waals surface area contributed by atoms with Crippen molar-refractivity contribution in [3.63, 3.8) is 0 Å². The van der Waals surface area contributed by atoms with Gasteiger partial charge in [0.2, 0.25) is 0 Å². The molecule has 1 aromatic rings. The van der Waals surface area contributed by atoms with Crippen molar-refractivity contribution >= 4 is 23.5 Å². The van der Waals surface area contributed by atoms with Crippen molar-refractivity contribution in [3.05, 3.63) is 41.4 Å². The summed E-state index contributed by atoms with van der Waals surface area (Å²) in [6.07, 6.45) is 1.84. The molecule has 1 aromatic carbocycles. The first-order valence-electron chi connectivity index (χ1n) is 6.25. The van der Waals surface area contributed by atoms with E-state index in [1.54, 1.807) is 31.2 Å². The molecule has 5 heteroatoms. The Kier molecular flexibility index (Phi) is 6.25. The quantitative estimate of drug-likeness (QED) is 0.475. The Bertz CT molecular complexity index is 508. The van der Waals surface area contributed by atoms with Gasteiger partial charge in [-0.25, -0.2) is 9.59 Å². The van der Waals surface area contributed by atoms with Gasteiger partial charge in [0.05, 0.1) is 5.02 Å². The van der Waals surface area contributed by atoms with E-state index in [1.165, 1.54) is 0 Å². The third kappa shape index (κ3) is 5.45. The minimum Gasteiger partial charge on any atom is -0.459 e. The molecule has 4 nitrogen and oxygen atoms in total. The molecule has 0 saturated heterocycles. The number of esters is 2. The van der Waals surface area contributed by atoms with E-state index in [9.17, 15) is 9.59 Å². The van der Waals surface area contributed by atoms with E-state index < -0.39 is 11.9 Å². The van der Waals surface area contributed by atoms with E-state index in [0.717, 1.165) is 12.2 Å². The molecule has 0 saturated carbocycles. The summed E-state index contributed by atoms with van der Waals surface area (Å²) >= 11 is 5.84. The zero-order chi connectivity index (χ0) is 15.1. The van der Waals surface area contributed by atoms with E-state index in [4.69, 9.17) is 21.1 Å². The van der Waals surface area contributed by atoms with Crippen LogP contribution in [0.25, 0.3) is 0 Å². The second kappa shape index (κ2) is 7.70. The molecule has 1 unspecified atom stereocenters. The fourth-order valence-electron chi connectivity index (χ4n) is 1.16. The first-order chi connectivity index (χ1) is 9.40. The van der Waals surface area contributed by atoms with Gasteiger partial charge in [0.1, 0.15) is 11.9 Å². The molecule has 108 valence electrons. The first kappa shape index (κ1) is 16.2. The molecule has 20 heavy (non-hydrogen) atoms. The summed E-state index contributed by atoms with van der Waals surface area (Å²) in [6, 6.07) is 6.58. The van der Waals surface area contributed by atoms with Crippen LogP contribution in [-0.4, -0.2) is 18.0 Å². The molecule has 0 radical (unpaired) electrons. The number of rotatable bonds is 5. The Morgan fingerprint density at radius 2 is 1.70 bits per heavy atom. The number of para-hydroxylation sites is 1. The minimum absolute atomic E-state index is 0.211. The monoisotopic (exact) mass is 296 g/mol. The number of carbonyl (C=O) groups excluding carboxylic acids is 2. The lowest BCUT2D eigenvalue weighted by Crippen LogP contribution is -2.19. The molecule has 0 aromatic heterocycles. The summed E-state index contributed by atoms with van der Waals surface area (Å²) in [5, 5.41) is 0.324. The summed E-state index contributed by atoms with van der Waals surface area (Å²) in [5.74, 6) is -0.815. The van der Waals surface area contributed by atoms with Crippen molar-refractivity contribution in [2.45, 2.75) is 26.9 Å². The van der Waals surface area contributed by atoms with E-state index in [0.29, 0.717) is 5.02 Å². The van der Waals surface area contributed by atoms with E-state index >= 15 is 0 Å². The average Bonchev–Trinajstić information content (AvgIpc) is 2.39. The van der Waals surface area contributed by atoms with Gasteiger partial charge < -0.3 is 9.47 Å². The summed E-state index contributed by atoms with van der Waals surface area (Å²) in [5.41, 5.74) is 0. The topological polar surface area (TPSA) is 52.6 Å². The van der Waals surface area contributed by atoms with Gasteiger partial charge in [-0.15, -0.1) is 0 Å². The first-order valence-corrected chi connectivity index (χ1v) is 6.63. The fraction of sp³-hybridized carbons (Fsp3) is 0.333. The van der Waals surface area contributed by atoms with Crippen molar-refractivity contribution < 1.29 is 19.1 Å². The maximum atomic E-state index is 11.5. The van der Waals surface area contributed by atoms with Crippen LogP contribution in [0.5, 0.6) is 5.75 Å². The lowest BCUT2D eigenvalue weighted by molar-refractivity contribution is -0.144. The predicted octanol–water partition coefficient (Wildman–Crippen LogP) is 3.39. The van der Waals surface area contributed by atoms with Crippen LogP contribution < -0.4 is 4.74 Å². The number of ether oxygens (including phenoxy) is 2. The van der Waals surface area contributed by atoms with Crippen LogP contribution in [-0.2, 0) is 14.3 Å². The summed E-state index contributed by atoms with van der Waals surface area (Å²) in [7, 11) is 0. The number of hydrogen-bond acceptors (Lipinski definition) is 4. The van der Waals surface area contributed by atoms with Gasteiger partial charge in [0.15, 0.2) is 0 Å². The van der Waals surface area contributed by atoms with Crippen molar-refractivity contribution in [2.75, 3.05) is 0 Å². The molecule has 0 bridgehead atoms. The maximum absolute atomic E-state index is 11.5. The van der Waals surface area contributed by atoms with Gasteiger partial charge in [-0.05, 0) is 25.0 Å². The highest BCUT2D eigenvalue weighted by molar-refractivity contribution is 6.32. The van der Waals surface area contributed by atoms with Crippen molar-refractivity contribution in [3.8, 4) is 5.75 Å². The smallest absolute Gasteiger partial charge is 0.336 e. The third-order valence-corrected chi connectivity index (χ3v) is 2.96. The second-order valence-electron chi connectivity index (χ2n) is 4.57. The number of halogens is 1. The molecule has 0 aliphatic heterocycles. The number of benzene rings is 1. The Labute approximate surface area is 123 Å². The average molecular weight is 297 g/mol. The zero-order valence-electron chi connectivity index (χ0n) is 11.6. The molecule has 0 N–H and O–H groups in total. The highest BCUT2D eigenvalue weighted by Gasteiger charge is 2.11. The maximum Gasteiger partial charge on any atom is 0.336 e. The molecule has 1 atom stereocenters. The predicted molar refractivity (Wildman–Crippen MR) is 76.6 cm³/mol. The normalized spacial score (nSPS) is 12.4. The lowest BCUT2D eigenvalue weighted by Gasteiger charge is -2.14. The number of hydrogen-bond donors (Lipinski definition) is 0. The Balaban J connectivity index is 2.52. The van der Waals surface area contributed by atoms with Crippen LogP contribution in [0.4, 0.5) is 0 Å². The van der Waals surface area contributed by atoms with Crippen LogP contribution in [0, 0.1) is 5.92 Å². The molecule has 0 spiro atoms. The molecule has 0 aliphatic rings. The van der Waals surface area contributed by atoms with Crippen molar-refractivity contribution in [1.82, 2.24) is 0 Å². The van der Waals surface area contributed by atoms with Gasteiger partial charge >= 0.3 is 11.9 Å². The van der Waals surface area contributed by atoms with Gasteiger partial charge in [0, 0.05) is 12.2 Å². The molecule has 0 amide bonds. The Morgan fingerprint density at radius 1 is 1.10 bits per heavy atom. The highest BCUT2D eigenvalue weighted by atomic mass is 35.5. The molecule has 0 heterocycles. The third-order valence-electron chi connectivity index (χ3n) is 2.64. The van der Waals surface area contributed by atoms with Crippen LogP contribution in [0.15, 0.2) is 36.4 Å². The SMILES string of the molecule is CC(C)C(C)OC(=O)/C=C/C(=O)Oc1ccccc1Cl. The standard InChI is InChI=1S/C15H17ClO4/c1-10(2)11(3)19-14(17)8-9-15(18)20-13-7-5-4-6-12(13)16/h4-11H,1-3H3/b9-8+. The van der Waals surface area contributed by atoms with Gasteiger partial charge in [0.25, 0.3) is 0 Å². The van der Waals surface area contributed by atoms with E-state index in [1.807, 2.05) is 13.8 Å². The largest absolute Gasteiger partial charge is 0.459 e. The van der Waals surface area contributed by atoms with Crippen LogP contribution in [0.1, 0.15) is 20.8 Å². The van der Waals surface area contributed by atoms with E-state index in [-0.39, 0.29) is 17.8 Å². The second-order valence-corrected chi connectivity index (χ2v) is 4.98. The molecular weight excluding hydrogens is 280 g/mol. The molecular formula is C15H17ClO4. The van der Waals surface area contributed by atoms with Gasteiger partial charge in [-0.1, -0.05) is 37.6 Å². The molecule has 1 rings (SSSR count). The van der Waals surface area contributed by atoms with Gasteiger partial charge in [-0.2, -0.15) is 0 Å². The number of carbonyl (C=O) groups is 2.